The van der Waals surface area contributed by atoms with E-state index in [1.165, 1.54) is 0 Å². The normalized spacial score (nSPS) is 38.9. The molecule has 3 atom stereocenters. The number of nitrogens with one attached hydrogen (secondary N) is 1. The number of β-amino-alcohol motifs (C(OH)–C–C–N with tert-alkyl or cyclic N) is 1. The lowest BCUT2D eigenvalue weighted by molar-refractivity contribution is -0.0393. The van der Waals surface area contributed by atoms with Gasteiger partial charge >= 0.3 is 0 Å². The molecule has 1 heterocycles. The summed E-state index contributed by atoms with van der Waals surface area (Å²) < 4.78 is 11.9. The van der Waals surface area contributed by atoms with Crippen LogP contribution in [0.2, 0.25) is 0 Å². The van der Waals surface area contributed by atoms with Gasteiger partial charge in [0.25, 0.3) is 0 Å². The van der Waals surface area contributed by atoms with E-state index in [2.05, 4.69) is 17.2 Å². The topological polar surface area (TPSA) is 52.5 Å². The first-order valence-corrected chi connectivity index (χ1v) is 4.85. The quantitative estimate of drug-likeness (QED) is 0.458. The number of aliphatic hydroxyl groups is 2. The van der Waals surface area contributed by atoms with Gasteiger partial charge in [-0.25, -0.2) is 4.39 Å². The molecule has 3 N–H and O–H groups in total. The molecule has 1 aliphatic heterocycles. The zero-order valence-corrected chi connectivity index (χ0v) is 7.83. The van der Waals surface area contributed by atoms with Crippen molar-refractivity contribution in [2.45, 2.75) is 30.6 Å². The lowest BCUT2D eigenvalue weighted by Crippen LogP contribution is -2.57. The molecule has 1 aliphatic carbocycles. The largest absolute Gasteiger partial charge is 0.389 e. The molecule has 0 amide bonds. The number of hydrogen-bond donors (Lipinski definition) is 3. The van der Waals surface area contributed by atoms with Crippen LogP contribution < -0.4 is 5.32 Å². The van der Waals surface area contributed by atoms with E-state index in [0.717, 1.165) is 12.8 Å². The molecule has 1 spiro atoms. The van der Waals surface area contributed by atoms with Crippen molar-refractivity contribution in [1.29, 1.82) is 0 Å². The fourth-order valence-electron chi connectivity index (χ4n) is 2.08. The monoisotopic (exact) mass is 199 g/mol. The van der Waals surface area contributed by atoms with E-state index >= 15 is 0 Å². The summed E-state index contributed by atoms with van der Waals surface area (Å²) in [6, 6.07) is 0. The van der Waals surface area contributed by atoms with E-state index in [1.807, 2.05) is 0 Å². The van der Waals surface area contributed by atoms with E-state index in [1.54, 1.807) is 0 Å². The Morgan fingerprint density at radius 2 is 2.14 bits per heavy atom. The standard InChI is InChI=1S/C10H14FNO2/c11-5-1-2-7-9(14)8(13)6-12-10(7)3-4-10/h7-9,12-14H,3-6H2/t7-,8-,9-/m1/s1. The highest BCUT2D eigenvalue weighted by Crippen LogP contribution is 2.46. The summed E-state index contributed by atoms with van der Waals surface area (Å²) in [4.78, 5) is 0. The van der Waals surface area contributed by atoms with Crippen molar-refractivity contribution in [3.05, 3.63) is 0 Å². The maximum Gasteiger partial charge on any atom is 0.150 e. The first-order chi connectivity index (χ1) is 6.69. The van der Waals surface area contributed by atoms with E-state index < -0.39 is 18.9 Å². The van der Waals surface area contributed by atoms with Crippen LogP contribution >= 0.6 is 0 Å². The molecule has 0 unspecified atom stereocenters. The third-order valence-electron chi connectivity index (χ3n) is 3.11. The minimum Gasteiger partial charge on any atom is -0.389 e. The zero-order chi connectivity index (χ0) is 10.2. The summed E-state index contributed by atoms with van der Waals surface area (Å²) in [5, 5.41) is 22.3. The van der Waals surface area contributed by atoms with Gasteiger partial charge in [0.15, 0.2) is 0 Å². The van der Waals surface area contributed by atoms with Crippen LogP contribution in [0.15, 0.2) is 0 Å². The van der Waals surface area contributed by atoms with Crippen molar-refractivity contribution >= 4 is 0 Å². The second kappa shape index (κ2) is 3.50. The smallest absolute Gasteiger partial charge is 0.150 e. The molecular weight excluding hydrogens is 185 g/mol. The van der Waals surface area contributed by atoms with Gasteiger partial charge in [-0.2, -0.15) is 0 Å². The van der Waals surface area contributed by atoms with Gasteiger partial charge in [0.1, 0.15) is 6.67 Å². The first kappa shape index (κ1) is 9.91. The number of rotatable bonds is 0. The van der Waals surface area contributed by atoms with Crippen LogP contribution in [0.5, 0.6) is 0 Å². The van der Waals surface area contributed by atoms with Crippen LogP contribution in [0.25, 0.3) is 0 Å². The fraction of sp³-hybridized carbons (Fsp3) is 0.800. The van der Waals surface area contributed by atoms with Crippen molar-refractivity contribution in [2.24, 2.45) is 5.92 Å². The van der Waals surface area contributed by atoms with Crippen molar-refractivity contribution in [1.82, 2.24) is 5.32 Å². The average molecular weight is 199 g/mol. The number of alkyl halides is 1. The third kappa shape index (κ3) is 1.52. The summed E-state index contributed by atoms with van der Waals surface area (Å²) in [5.74, 6) is 4.71. The van der Waals surface area contributed by atoms with Gasteiger partial charge in [-0.15, -0.1) is 0 Å². The number of aliphatic hydroxyl groups excluding tert-OH is 2. The molecular formula is C10H14FNO2. The van der Waals surface area contributed by atoms with Crippen LogP contribution in [-0.4, -0.2) is 41.2 Å². The second-order valence-corrected chi connectivity index (χ2v) is 4.03. The van der Waals surface area contributed by atoms with Crippen molar-refractivity contribution in [3.63, 3.8) is 0 Å². The Kier molecular flexibility index (Phi) is 2.48. The SMILES string of the molecule is O[C@H]1[C@H](O)CNC2(CC2)[C@@H]1C#CCF. The molecule has 0 aromatic rings. The summed E-state index contributed by atoms with van der Waals surface area (Å²) in [5.41, 5.74) is -0.152. The average Bonchev–Trinajstić information content (AvgIpc) is 2.94. The van der Waals surface area contributed by atoms with Crippen LogP contribution in [-0.2, 0) is 0 Å². The van der Waals surface area contributed by atoms with Crippen LogP contribution in [0.3, 0.4) is 0 Å². The highest BCUT2D eigenvalue weighted by atomic mass is 19.1. The molecule has 1 saturated heterocycles. The molecule has 0 aromatic carbocycles. The highest BCUT2D eigenvalue weighted by Gasteiger charge is 2.55. The Morgan fingerprint density at radius 3 is 2.71 bits per heavy atom. The van der Waals surface area contributed by atoms with Gasteiger partial charge in [0.05, 0.1) is 18.1 Å². The summed E-state index contributed by atoms with van der Waals surface area (Å²) >= 11 is 0. The second-order valence-electron chi connectivity index (χ2n) is 4.03. The predicted molar refractivity (Wildman–Crippen MR) is 49.2 cm³/mol. The maximum atomic E-state index is 11.9. The lowest BCUT2D eigenvalue weighted by atomic mass is 9.85. The predicted octanol–water partition coefficient (Wildman–Crippen LogP) is -0.567. The maximum absolute atomic E-state index is 11.9. The van der Waals surface area contributed by atoms with Gasteiger partial charge < -0.3 is 15.5 Å². The number of piperidine rings is 1. The molecule has 14 heavy (non-hydrogen) atoms. The van der Waals surface area contributed by atoms with E-state index in [9.17, 15) is 14.6 Å². The van der Waals surface area contributed by atoms with Gasteiger partial charge in [-0.05, 0) is 12.8 Å². The van der Waals surface area contributed by atoms with Gasteiger partial charge in [-0.3, -0.25) is 0 Å². The molecule has 4 heteroatoms. The Hall–Kier alpha value is -0.630. The number of halogens is 1. The Morgan fingerprint density at radius 1 is 1.43 bits per heavy atom. The molecule has 3 nitrogen and oxygen atoms in total. The fourth-order valence-corrected chi connectivity index (χ4v) is 2.08. The molecule has 0 radical (unpaired) electrons. The Bertz CT molecular complexity index is 280. The summed E-state index contributed by atoms with van der Waals surface area (Å²) in [7, 11) is 0. The van der Waals surface area contributed by atoms with Crippen LogP contribution in [0.1, 0.15) is 12.8 Å². The van der Waals surface area contributed by atoms with E-state index in [4.69, 9.17) is 0 Å². The molecule has 2 fully saturated rings. The van der Waals surface area contributed by atoms with Gasteiger partial charge in [-0.1, -0.05) is 11.8 Å². The summed E-state index contributed by atoms with van der Waals surface area (Å²) in [6.07, 6.45) is 0.253. The Labute approximate surface area is 82.3 Å². The summed E-state index contributed by atoms with van der Waals surface area (Å²) in [6.45, 7) is -0.301. The molecule has 2 rings (SSSR count). The molecule has 2 aliphatic rings. The Balaban J connectivity index is 2.14. The van der Waals surface area contributed by atoms with Gasteiger partial charge in [0, 0.05) is 12.1 Å². The van der Waals surface area contributed by atoms with Crippen molar-refractivity contribution in [3.8, 4) is 11.8 Å². The van der Waals surface area contributed by atoms with Crippen molar-refractivity contribution < 1.29 is 14.6 Å². The van der Waals surface area contributed by atoms with E-state index in [-0.39, 0.29) is 11.5 Å². The molecule has 1 saturated carbocycles. The van der Waals surface area contributed by atoms with E-state index in [0.29, 0.717) is 6.54 Å². The van der Waals surface area contributed by atoms with Gasteiger partial charge in [0.2, 0.25) is 0 Å². The highest BCUT2D eigenvalue weighted by molar-refractivity contribution is 5.23. The van der Waals surface area contributed by atoms with Crippen LogP contribution in [0, 0.1) is 17.8 Å². The zero-order valence-electron chi connectivity index (χ0n) is 7.83. The minimum atomic E-state index is -0.849. The number of hydrogen-bond acceptors (Lipinski definition) is 3. The van der Waals surface area contributed by atoms with Crippen molar-refractivity contribution in [2.75, 3.05) is 13.2 Å². The molecule has 0 aromatic heterocycles. The van der Waals surface area contributed by atoms with Crippen LogP contribution in [0.4, 0.5) is 4.39 Å². The first-order valence-electron chi connectivity index (χ1n) is 4.85. The molecule has 78 valence electrons. The minimum absolute atomic E-state index is 0.152. The molecule has 0 bridgehead atoms. The lowest BCUT2D eigenvalue weighted by Gasteiger charge is -2.37. The third-order valence-corrected chi connectivity index (χ3v) is 3.11.